The Balaban J connectivity index is 1.52. The zero-order valence-corrected chi connectivity index (χ0v) is 16.4. The van der Waals surface area contributed by atoms with Crippen LogP contribution in [0.25, 0.3) is 10.8 Å². The predicted molar refractivity (Wildman–Crippen MR) is 113 cm³/mol. The second-order valence-corrected chi connectivity index (χ2v) is 7.07. The Labute approximate surface area is 165 Å². The van der Waals surface area contributed by atoms with Crippen LogP contribution in [-0.2, 0) is 0 Å². The van der Waals surface area contributed by atoms with Gasteiger partial charge in [-0.15, -0.1) is 0 Å². The number of aromatic nitrogens is 2. The number of benzene rings is 2. The summed E-state index contributed by atoms with van der Waals surface area (Å²) in [6.07, 6.45) is 1.64. The molecule has 1 N–H and O–H groups in total. The maximum atomic E-state index is 12.8. The third-order valence-corrected chi connectivity index (χ3v) is 5.35. The van der Waals surface area contributed by atoms with E-state index >= 15 is 0 Å². The van der Waals surface area contributed by atoms with Crippen LogP contribution in [-0.4, -0.2) is 53.5 Å². The first-order chi connectivity index (χ1) is 13.7. The van der Waals surface area contributed by atoms with Crippen LogP contribution in [0.15, 0.2) is 48.7 Å². The quantitative estimate of drug-likeness (QED) is 0.758. The smallest absolute Gasteiger partial charge is 0.259 e. The second-order valence-electron chi connectivity index (χ2n) is 7.07. The molecular formula is C22H25N5O. The van der Waals surface area contributed by atoms with E-state index in [0.717, 1.165) is 49.2 Å². The van der Waals surface area contributed by atoms with Gasteiger partial charge in [0.05, 0.1) is 11.3 Å². The van der Waals surface area contributed by atoms with Gasteiger partial charge in [-0.1, -0.05) is 43.3 Å². The largest absolute Gasteiger partial charge is 0.338 e. The van der Waals surface area contributed by atoms with Gasteiger partial charge in [-0.3, -0.25) is 4.79 Å². The van der Waals surface area contributed by atoms with Gasteiger partial charge >= 0.3 is 0 Å². The number of hydrogen-bond acceptors (Lipinski definition) is 5. The number of likely N-dealkylation sites (N-methyl/N-ethyl adjacent to an activating group) is 1. The molecule has 0 radical (unpaired) electrons. The summed E-state index contributed by atoms with van der Waals surface area (Å²) >= 11 is 0. The minimum atomic E-state index is -0.184. The van der Waals surface area contributed by atoms with E-state index in [0.29, 0.717) is 17.2 Å². The van der Waals surface area contributed by atoms with Crippen molar-refractivity contribution in [3.63, 3.8) is 0 Å². The van der Waals surface area contributed by atoms with Crippen molar-refractivity contribution in [2.24, 2.45) is 0 Å². The van der Waals surface area contributed by atoms with Crippen LogP contribution in [0.1, 0.15) is 23.0 Å². The van der Waals surface area contributed by atoms with Crippen LogP contribution in [0, 0.1) is 6.92 Å². The number of hydrogen-bond donors (Lipinski definition) is 1. The van der Waals surface area contributed by atoms with Crippen molar-refractivity contribution in [2.45, 2.75) is 13.8 Å². The first-order valence-corrected chi connectivity index (χ1v) is 9.76. The van der Waals surface area contributed by atoms with Crippen molar-refractivity contribution < 1.29 is 4.79 Å². The van der Waals surface area contributed by atoms with Crippen LogP contribution in [0.3, 0.4) is 0 Å². The van der Waals surface area contributed by atoms with E-state index in [1.165, 1.54) is 0 Å². The topological polar surface area (TPSA) is 61.4 Å². The molecule has 1 aliphatic heterocycles. The molecule has 0 aliphatic carbocycles. The molecule has 1 saturated heterocycles. The van der Waals surface area contributed by atoms with Gasteiger partial charge in [-0.05, 0) is 24.9 Å². The Kier molecular flexibility index (Phi) is 5.21. The Morgan fingerprint density at radius 2 is 1.82 bits per heavy atom. The van der Waals surface area contributed by atoms with Crippen molar-refractivity contribution in [2.75, 3.05) is 42.9 Å². The molecule has 1 aromatic heterocycles. The Morgan fingerprint density at radius 1 is 1.07 bits per heavy atom. The molecule has 6 nitrogen and oxygen atoms in total. The molecule has 0 atom stereocenters. The number of aryl methyl sites for hydroxylation is 1. The Hall–Kier alpha value is -2.99. The summed E-state index contributed by atoms with van der Waals surface area (Å²) in [5.41, 5.74) is 1.99. The number of anilines is 2. The average Bonchev–Trinajstić information content (AvgIpc) is 2.74. The molecule has 1 aliphatic rings. The van der Waals surface area contributed by atoms with E-state index in [2.05, 4.69) is 32.0 Å². The van der Waals surface area contributed by atoms with Gasteiger partial charge in [0, 0.05) is 43.4 Å². The van der Waals surface area contributed by atoms with Gasteiger partial charge in [0.25, 0.3) is 5.91 Å². The summed E-state index contributed by atoms with van der Waals surface area (Å²) in [6, 6.07) is 13.9. The molecule has 0 bridgehead atoms. The van der Waals surface area contributed by atoms with Crippen molar-refractivity contribution in [1.82, 2.24) is 14.9 Å². The number of carbonyl (C=O) groups excluding carboxylic acids is 1. The lowest BCUT2D eigenvalue weighted by molar-refractivity contribution is 0.102. The molecule has 6 heteroatoms. The fourth-order valence-corrected chi connectivity index (χ4v) is 3.62. The summed E-state index contributed by atoms with van der Waals surface area (Å²) in [5.74, 6) is 0.520. The maximum Gasteiger partial charge on any atom is 0.259 e. The standard InChI is InChI=1S/C22H25N5O/c1-3-26-11-13-27(14-12-26)22-23-15-19(16(2)24-22)21(28)25-20-10-6-8-17-7-4-5-9-18(17)20/h4-10,15H,3,11-14H2,1-2H3,(H,25,28). The van der Waals surface area contributed by atoms with E-state index in [-0.39, 0.29) is 5.91 Å². The molecule has 0 unspecified atom stereocenters. The number of nitrogens with zero attached hydrogens (tertiary/aromatic N) is 4. The number of rotatable bonds is 4. The van der Waals surface area contributed by atoms with Crippen molar-refractivity contribution in [3.8, 4) is 0 Å². The van der Waals surface area contributed by atoms with Crippen molar-refractivity contribution in [1.29, 1.82) is 0 Å². The van der Waals surface area contributed by atoms with Gasteiger partial charge in [0.2, 0.25) is 5.95 Å². The van der Waals surface area contributed by atoms with Crippen LogP contribution < -0.4 is 10.2 Å². The SMILES string of the molecule is CCN1CCN(c2ncc(C(=O)Nc3cccc4ccccc34)c(C)n2)CC1. The highest BCUT2D eigenvalue weighted by Gasteiger charge is 2.20. The highest BCUT2D eigenvalue weighted by molar-refractivity contribution is 6.09. The Bertz CT molecular complexity index is 990. The van der Waals surface area contributed by atoms with E-state index in [1.807, 2.05) is 49.4 Å². The normalized spacial score (nSPS) is 15.0. The predicted octanol–water partition coefficient (Wildman–Crippen LogP) is 3.33. The first kappa shape index (κ1) is 18.4. The molecule has 2 heterocycles. The number of fused-ring (bicyclic) bond motifs is 1. The molecule has 0 spiro atoms. The van der Waals surface area contributed by atoms with Crippen LogP contribution in [0.4, 0.5) is 11.6 Å². The Morgan fingerprint density at radius 3 is 2.57 bits per heavy atom. The van der Waals surface area contributed by atoms with Gasteiger partial charge in [0.15, 0.2) is 0 Å². The van der Waals surface area contributed by atoms with E-state index in [4.69, 9.17) is 0 Å². The molecule has 1 fully saturated rings. The monoisotopic (exact) mass is 375 g/mol. The highest BCUT2D eigenvalue weighted by atomic mass is 16.1. The van der Waals surface area contributed by atoms with E-state index in [9.17, 15) is 4.79 Å². The zero-order chi connectivity index (χ0) is 19.5. The van der Waals surface area contributed by atoms with Gasteiger partial charge in [0.1, 0.15) is 0 Å². The van der Waals surface area contributed by atoms with Crippen molar-refractivity contribution in [3.05, 3.63) is 59.9 Å². The van der Waals surface area contributed by atoms with Gasteiger partial charge in [-0.25, -0.2) is 9.97 Å². The molecule has 2 aromatic carbocycles. The first-order valence-electron chi connectivity index (χ1n) is 9.76. The molecule has 28 heavy (non-hydrogen) atoms. The second kappa shape index (κ2) is 7.94. The summed E-state index contributed by atoms with van der Waals surface area (Å²) in [6.45, 7) is 8.97. The molecule has 0 saturated carbocycles. The van der Waals surface area contributed by atoms with Crippen LogP contribution in [0.2, 0.25) is 0 Å². The van der Waals surface area contributed by atoms with Crippen molar-refractivity contribution >= 4 is 28.3 Å². The summed E-state index contributed by atoms with van der Waals surface area (Å²) < 4.78 is 0. The molecule has 4 rings (SSSR count). The molecule has 1 amide bonds. The number of amides is 1. The average molecular weight is 375 g/mol. The maximum absolute atomic E-state index is 12.8. The lowest BCUT2D eigenvalue weighted by atomic mass is 10.1. The lowest BCUT2D eigenvalue weighted by Crippen LogP contribution is -2.46. The van der Waals surface area contributed by atoms with E-state index < -0.39 is 0 Å². The minimum absolute atomic E-state index is 0.184. The number of carbonyl (C=O) groups is 1. The van der Waals surface area contributed by atoms with Crippen LogP contribution in [0.5, 0.6) is 0 Å². The fourth-order valence-electron chi connectivity index (χ4n) is 3.62. The summed E-state index contributed by atoms with van der Waals surface area (Å²) in [5, 5.41) is 5.12. The zero-order valence-electron chi connectivity index (χ0n) is 16.4. The highest BCUT2D eigenvalue weighted by Crippen LogP contribution is 2.24. The van der Waals surface area contributed by atoms with E-state index in [1.54, 1.807) is 6.20 Å². The molecule has 3 aromatic rings. The van der Waals surface area contributed by atoms with Gasteiger partial charge in [-0.2, -0.15) is 0 Å². The minimum Gasteiger partial charge on any atom is -0.338 e. The fraction of sp³-hybridized carbons (Fsp3) is 0.318. The summed E-state index contributed by atoms with van der Waals surface area (Å²) in [4.78, 5) is 26.5. The third-order valence-electron chi connectivity index (χ3n) is 5.35. The molecular weight excluding hydrogens is 350 g/mol. The number of nitrogens with one attached hydrogen (secondary N) is 1. The lowest BCUT2D eigenvalue weighted by Gasteiger charge is -2.34. The third kappa shape index (κ3) is 3.68. The van der Waals surface area contributed by atoms with Crippen LogP contribution >= 0.6 is 0 Å². The number of piperazine rings is 1. The summed E-state index contributed by atoms with van der Waals surface area (Å²) in [7, 11) is 0. The molecule has 144 valence electrons. The van der Waals surface area contributed by atoms with Gasteiger partial charge < -0.3 is 15.1 Å².